The van der Waals surface area contributed by atoms with Crippen molar-refractivity contribution in [1.82, 2.24) is 0 Å². The maximum absolute atomic E-state index is 3.83. The van der Waals surface area contributed by atoms with Crippen molar-refractivity contribution in [2.24, 2.45) is 0 Å². The van der Waals surface area contributed by atoms with E-state index in [9.17, 15) is 0 Å². The van der Waals surface area contributed by atoms with Gasteiger partial charge in [-0.1, -0.05) is 143 Å². The Morgan fingerprint density at radius 1 is 0.886 bits per heavy atom. The van der Waals surface area contributed by atoms with Crippen LogP contribution in [0.4, 0.5) is 0 Å². The zero-order valence-electron chi connectivity index (χ0n) is 21.2. The van der Waals surface area contributed by atoms with Crippen molar-refractivity contribution in [3.05, 3.63) is 127 Å². The number of halogens is 2. The van der Waals surface area contributed by atoms with Crippen LogP contribution in [0.2, 0.25) is 0 Å². The molecule has 3 aromatic carbocycles. The average molecular weight is 592 g/mol. The highest BCUT2D eigenvalue weighted by molar-refractivity contribution is 9.12. The van der Waals surface area contributed by atoms with E-state index >= 15 is 0 Å². The van der Waals surface area contributed by atoms with Crippen LogP contribution in [0.1, 0.15) is 85.3 Å². The van der Waals surface area contributed by atoms with Crippen LogP contribution in [0, 0.1) is 6.92 Å². The fourth-order valence-electron chi connectivity index (χ4n) is 5.44. The number of hydrogen-bond donors (Lipinski definition) is 0. The standard InChI is InChI=1S/C33H36Br2/c1-4-5-6-7-11-26-12-9-14-28(22-26)33(27-13-8-10-24(2)21-27)20-19-29(34)16-15-25(3)31-18-17-30(35)23-32(31)33/h8-10,12-19,21-23,25H,4-7,11,20H2,1-3H3. The van der Waals surface area contributed by atoms with Crippen molar-refractivity contribution in [2.75, 3.05) is 0 Å². The number of unbranched alkanes of at least 4 members (excludes halogenated alkanes) is 3. The van der Waals surface area contributed by atoms with Crippen molar-refractivity contribution >= 4 is 31.9 Å². The maximum Gasteiger partial charge on any atom is 0.0489 e. The molecule has 0 saturated carbocycles. The van der Waals surface area contributed by atoms with E-state index in [0.29, 0.717) is 5.92 Å². The van der Waals surface area contributed by atoms with E-state index in [0.717, 1.165) is 21.8 Å². The largest absolute Gasteiger partial charge is 0.0762 e. The SMILES string of the molecule is CCCCCCc1cccc(C2(c3cccc(C)c3)CC=C(Br)C=CC(C)c3ccc(Br)cc32)c1. The molecule has 0 fully saturated rings. The summed E-state index contributed by atoms with van der Waals surface area (Å²) in [5, 5.41) is 0. The van der Waals surface area contributed by atoms with E-state index in [1.807, 2.05) is 0 Å². The smallest absolute Gasteiger partial charge is 0.0489 e. The number of fused-ring (bicyclic) bond motifs is 1. The lowest BCUT2D eigenvalue weighted by Crippen LogP contribution is -2.31. The monoisotopic (exact) mass is 590 g/mol. The van der Waals surface area contributed by atoms with Gasteiger partial charge in [0.05, 0.1) is 0 Å². The van der Waals surface area contributed by atoms with E-state index in [4.69, 9.17) is 0 Å². The lowest BCUT2D eigenvalue weighted by atomic mass is 9.64. The minimum absolute atomic E-state index is 0.288. The molecule has 0 bridgehead atoms. The molecular weight excluding hydrogens is 556 g/mol. The molecule has 1 aliphatic carbocycles. The quantitative estimate of drug-likeness (QED) is 0.240. The van der Waals surface area contributed by atoms with E-state index < -0.39 is 0 Å². The Morgan fingerprint density at radius 2 is 1.66 bits per heavy atom. The summed E-state index contributed by atoms with van der Waals surface area (Å²) in [4.78, 5) is 0. The third-order valence-electron chi connectivity index (χ3n) is 7.36. The molecule has 182 valence electrons. The van der Waals surface area contributed by atoms with Gasteiger partial charge in [0.2, 0.25) is 0 Å². The molecule has 0 N–H and O–H groups in total. The van der Waals surface area contributed by atoms with Gasteiger partial charge in [0.15, 0.2) is 0 Å². The molecule has 0 aromatic heterocycles. The van der Waals surface area contributed by atoms with Gasteiger partial charge in [-0.3, -0.25) is 0 Å². The van der Waals surface area contributed by atoms with Gasteiger partial charge in [-0.2, -0.15) is 0 Å². The van der Waals surface area contributed by atoms with E-state index in [2.05, 4.69) is 138 Å². The number of aryl methyl sites for hydroxylation is 2. The first-order chi connectivity index (χ1) is 16.9. The van der Waals surface area contributed by atoms with Gasteiger partial charge < -0.3 is 0 Å². The van der Waals surface area contributed by atoms with Crippen LogP contribution in [-0.2, 0) is 11.8 Å². The molecule has 0 saturated heterocycles. The first-order valence-corrected chi connectivity index (χ1v) is 14.5. The van der Waals surface area contributed by atoms with Crippen molar-refractivity contribution in [2.45, 2.75) is 70.6 Å². The number of benzene rings is 3. The summed E-state index contributed by atoms with van der Waals surface area (Å²) in [5.41, 5.74) is 7.95. The summed E-state index contributed by atoms with van der Waals surface area (Å²) in [6.45, 7) is 6.79. The van der Waals surface area contributed by atoms with Gasteiger partial charge in [-0.15, -0.1) is 0 Å². The van der Waals surface area contributed by atoms with Crippen LogP contribution in [0.5, 0.6) is 0 Å². The van der Waals surface area contributed by atoms with Crippen molar-refractivity contribution < 1.29 is 0 Å². The Labute approximate surface area is 228 Å². The Balaban J connectivity index is 1.98. The molecule has 2 unspecified atom stereocenters. The third-order valence-corrected chi connectivity index (χ3v) is 8.44. The highest BCUT2D eigenvalue weighted by atomic mass is 79.9. The summed E-state index contributed by atoms with van der Waals surface area (Å²) < 4.78 is 2.27. The highest BCUT2D eigenvalue weighted by Gasteiger charge is 2.38. The first kappa shape index (κ1) is 26.2. The van der Waals surface area contributed by atoms with Crippen LogP contribution in [0.25, 0.3) is 0 Å². The zero-order chi connectivity index (χ0) is 24.8. The maximum atomic E-state index is 3.83. The molecular formula is C33H36Br2. The molecule has 0 amide bonds. The number of hydrogen-bond acceptors (Lipinski definition) is 0. The van der Waals surface area contributed by atoms with Crippen LogP contribution < -0.4 is 0 Å². The molecule has 1 aliphatic rings. The Hall–Kier alpha value is -1.90. The minimum Gasteiger partial charge on any atom is -0.0762 e. The van der Waals surface area contributed by atoms with Crippen LogP contribution >= 0.6 is 31.9 Å². The minimum atomic E-state index is -0.288. The number of rotatable bonds is 7. The summed E-state index contributed by atoms with van der Waals surface area (Å²) in [5.74, 6) is 0.304. The van der Waals surface area contributed by atoms with Crippen LogP contribution in [0.15, 0.2) is 93.9 Å². The fraction of sp³-hybridized carbons (Fsp3) is 0.333. The summed E-state index contributed by atoms with van der Waals surface area (Å²) in [6.07, 6.45) is 14.1. The molecule has 4 rings (SSSR count). The Kier molecular flexibility index (Phi) is 8.89. The van der Waals surface area contributed by atoms with Crippen molar-refractivity contribution in [1.29, 1.82) is 0 Å². The normalized spacial score (nSPS) is 19.9. The summed E-state index contributed by atoms with van der Waals surface area (Å²) in [7, 11) is 0. The lowest BCUT2D eigenvalue weighted by molar-refractivity contribution is 0.613. The Morgan fingerprint density at radius 3 is 2.43 bits per heavy atom. The predicted octanol–water partition coefficient (Wildman–Crippen LogP) is 10.6. The second-order valence-corrected chi connectivity index (χ2v) is 11.8. The molecule has 35 heavy (non-hydrogen) atoms. The summed E-state index contributed by atoms with van der Waals surface area (Å²) >= 11 is 7.65. The first-order valence-electron chi connectivity index (χ1n) is 12.9. The van der Waals surface area contributed by atoms with Gasteiger partial charge >= 0.3 is 0 Å². The molecule has 0 spiro atoms. The fourth-order valence-corrected chi connectivity index (χ4v) is 6.11. The Bertz CT molecular complexity index is 1220. The van der Waals surface area contributed by atoms with Gasteiger partial charge in [-0.25, -0.2) is 0 Å². The molecule has 2 heteroatoms. The molecule has 0 nitrogen and oxygen atoms in total. The van der Waals surface area contributed by atoms with Crippen molar-refractivity contribution in [3.8, 4) is 0 Å². The summed E-state index contributed by atoms with van der Waals surface area (Å²) in [6, 6.07) is 25.4. The van der Waals surface area contributed by atoms with E-state index in [-0.39, 0.29) is 5.41 Å². The molecule has 3 aromatic rings. The second kappa shape index (κ2) is 11.9. The van der Waals surface area contributed by atoms with E-state index in [1.54, 1.807) is 0 Å². The average Bonchev–Trinajstić information content (AvgIpc) is 2.90. The van der Waals surface area contributed by atoms with Crippen LogP contribution in [-0.4, -0.2) is 0 Å². The second-order valence-electron chi connectivity index (χ2n) is 9.96. The molecule has 0 heterocycles. The zero-order valence-corrected chi connectivity index (χ0v) is 24.3. The topological polar surface area (TPSA) is 0 Å². The van der Waals surface area contributed by atoms with Crippen molar-refractivity contribution in [3.63, 3.8) is 0 Å². The third kappa shape index (κ3) is 5.92. The van der Waals surface area contributed by atoms with Gasteiger partial charge in [0, 0.05) is 14.4 Å². The van der Waals surface area contributed by atoms with Gasteiger partial charge in [0.1, 0.15) is 0 Å². The lowest BCUT2D eigenvalue weighted by Gasteiger charge is -2.38. The molecule has 0 aliphatic heterocycles. The molecule has 0 radical (unpaired) electrons. The van der Waals surface area contributed by atoms with E-state index in [1.165, 1.54) is 59.1 Å². The number of allylic oxidation sites excluding steroid dienone is 4. The molecule has 2 atom stereocenters. The highest BCUT2D eigenvalue weighted by Crippen LogP contribution is 2.48. The van der Waals surface area contributed by atoms with Gasteiger partial charge in [-0.05, 0) is 72.1 Å². The van der Waals surface area contributed by atoms with Crippen LogP contribution in [0.3, 0.4) is 0 Å². The van der Waals surface area contributed by atoms with Gasteiger partial charge in [0.25, 0.3) is 0 Å². The predicted molar refractivity (Wildman–Crippen MR) is 159 cm³/mol.